The normalized spacial score (nSPS) is 10.5. The Morgan fingerprint density at radius 2 is 1.93 bits per heavy atom. The van der Waals surface area contributed by atoms with Crippen LogP contribution in [0.4, 0.5) is 0 Å². The summed E-state index contributed by atoms with van der Waals surface area (Å²) in [5.41, 5.74) is -0.846. The van der Waals surface area contributed by atoms with E-state index in [4.69, 9.17) is 6.42 Å². The highest BCUT2D eigenvalue weighted by Crippen LogP contribution is 2.13. The number of benzene rings is 1. The lowest BCUT2D eigenvalue weighted by Crippen LogP contribution is -2.32. The summed E-state index contributed by atoms with van der Waals surface area (Å²) in [5, 5.41) is 8.09. The molecule has 0 aliphatic rings. The number of hydrogen-bond acceptors (Lipinski definition) is 5. The van der Waals surface area contributed by atoms with Crippen LogP contribution in [0.1, 0.15) is 12.1 Å². The lowest BCUT2D eigenvalue weighted by atomic mass is 10.1. The Bertz CT molecular complexity index is 1250. The fourth-order valence-corrected chi connectivity index (χ4v) is 2.74. The summed E-state index contributed by atoms with van der Waals surface area (Å²) in [7, 11) is 0. The molecule has 0 unspecified atom stereocenters. The van der Waals surface area contributed by atoms with Crippen LogP contribution in [0.5, 0.6) is 0 Å². The van der Waals surface area contributed by atoms with E-state index in [0.29, 0.717) is 16.5 Å². The zero-order chi connectivity index (χ0) is 20.1. The van der Waals surface area contributed by atoms with Crippen molar-refractivity contribution in [2.45, 2.75) is 26.1 Å². The van der Waals surface area contributed by atoms with E-state index >= 15 is 0 Å². The maximum atomic E-state index is 12.4. The number of nitrogens with one attached hydrogen (secondary N) is 2. The van der Waals surface area contributed by atoms with Gasteiger partial charge in [-0.2, -0.15) is 5.10 Å². The quantitative estimate of drug-likeness (QED) is 0.564. The van der Waals surface area contributed by atoms with E-state index in [9.17, 15) is 19.2 Å². The number of fused-ring (bicyclic) bond motifs is 1. The van der Waals surface area contributed by atoms with E-state index in [0.717, 1.165) is 0 Å². The highest BCUT2D eigenvalue weighted by molar-refractivity contribution is 5.84. The first-order valence-corrected chi connectivity index (χ1v) is 8.48. The number of terminal acetylenes is 1. The van der Waals surface area contributed by atoms with Gasteiger partial charge in [-0.1, -0.05) is 24.1 Å². The molecule has 9 heteroatoms. The number of carbonyl (C=O) groups is 1. The van der Waals surface area contributed by atoms with Crippen molar-refractivity contribution >= 4 is 16.7 Å². The molecule has 3 aromatic rings. The molecule has 2 N–H and O–H groups in total. The Labute approximate surface area is 158 Å². The van der Waals surface area contributed by atoms with Gasteiger partial charge in [-0.05, 0) is 6.07 Å². The van der Waals surface area contributed by atoms with Gasteiger partial charge in [0.1, 0.15) is 6.54 Å². The first-order valence-electron chi connectivity index (χ1n) is 8.48. The predicted molar refractivity (Wildman–Crippen MR) is 103 cm³/mol. The first kappa shape index (κ1) is 18.8. The first-order chi connectivity index (χ1) is 13.5. The van der Waals surface area contributed by atoms with Crippen LogP contribution in [-0.2, 0) is 24.4 Å². The summed E-state index contributed by atoms with van der Waals surface area (Å²) in [4.78, 5) is 49.3. The molecule has 2 aromatic heterocycles. The lowest BCUT2D eigenvalue weighted by molar-refractivity contribution is -0.121. The molecule has 1 aromatic carbocycles. The standard InChI is InChI=1S/C19H17N5O4/c1-2-9-24-18(27)14-6-4-3-5-13(14)15(22-24)12-20-16(25)7-10-23-11-8-17(26)21-19(23)28/h1,3-6,8,11H,7,9-10,12H2,(H,20,25)(H,21,26,28). The average Bonchev–Trinajstić information content (AvgIpc) is 2.68. The fourth-order valence-electron chi connectivity index (χ4n) is 2.74. The lowest BCUT2D eigenvalue weighted by Gasteiger charge is -2.10. The van der Waals surface area contributed by atoms with Crippen molar-refractivity contribution in [2.24, 2.45) is 0 Å². The minimum Gasteiger partial charge on any atom is -0.350 e. The molecule has 0 saturated heterocycles. The zero-order valence-corrected chi connectivity index (χ0v) is 14.8. The Balaban J connectivity index is 1.74. The number of aryl methyl sites for hydroxylation is 1. The van der Waals surface area contributed by atoms with Gasteiger partial charge in [0.2, 0.25) is 5.91 Å². The van der Waals surface area contributed by atoms with Crippen LogP contribution in [0.3, 0.4) is 0 Å². The molecule has 2 heterocycles. The number of aromatic nitrogens is 4. The van der Waals surface area contributed by atoms with Gasteiger partial charge in [-0.25, -0.2) is 9.48 Å². The zero-order valence-electron chi connectivity index (χ0n) is 14.8. The predicted octanol–water partition coefficient (Wildman–Crippen LogP) is -0.414. The van der Waals surface area contributed by atoms with Crippen molar-refractivity contribution in [1.29, 1.82) is 0 Å². The van der Waals surface area contributed by atoms with Gasteiger partial charge in [0.05, 0.1) is 17.6 Å². The van der Waals surface area contributed by atoms with E-state index in [1.807, 2.05) is 0 Å². The maximum absolute atomic E-state index is 12.4. The molecule has 28 heavy (non-hydrogen) atoms. The van der Waals surface area contributed by atoms with Crippen molar-refractivity contribution in [3.05, 3.63) is 73.4 Å². The molecule has 0 atom stereocenters. The van der Waals surface area contributed by atoms with Gasteiger partial charge in [0, 0.05) is 30.6 Å². The smallest absolute Gasteiger partial charge is 0.328 e. The Morgan fingerprint density at radius 1 is 1.18 bits per heavy atom. The van der Waals surface area contributed by atoms with Crippen molar-refractivity contribution < 1.29 is 4.79 Å². The molecular weight excluding hydrogens is 362 g/mol. The molecular formula is C19H17N5O4. The molecule has 0 fully saturated rings. The van der Waals surface area contributed by atoms with E-state index in [1.54, 1.807) is 24.3 Å². The minimum absolute atomic E-state index is 0.0275. The topological polar surface area (TPSA) is 119 Å². The third kappa shape index (κ3) is 4.07. The summed E-state index contributed by atoms with van der Waals surface area (Å²) in [6, 6.07) is 8.17. The van der Waals surface area contributed by atoms with Gasteiger partial charge in [-0.3, -0.25) is 19.4 Å². The molecule has 0 bridgehead atoms. The largest absolute Gasteiger partial charge is 0.350 e. The molecule has 0 aliphatic heterocycles. The van der Waals surface area contributed by atoms with Crippen LogP contribution in [-0.4, -0.2) is 25.2 Å². The Kier molecular flexibility index (Phi) is 5.50. The maximum Gasteiger partial charge on any atom is 0.328 e. The number of H-pyrrole nitrogens is 1. The monoisotopic (exact) mass is 379 g/mol. The second kappa shape index (κ2) is 8.18. The molecule has 3 rings (SSSR count). The number of carbonyl (C=O) groups excluding carboxylic acids is 1. The number of rotatable bonds is 6. The molecule has 1 amide bonds. The van der Waals surface area contributed by atoms with Crippen LogP contribution in [0.15, 0.2) is 50.9 Å². The van der Waals surface area contributed by atoms with E-state index in [1.165, 1.54) is 21.5 Å². The van der Waals surface area contributed by atoms with E-state index < -0.39 is 11.2 Å². The number of hydrogen-bond donors (Lipinski definition) is 2. The molecule has 0 saturated carbocycles. The van der Waals surface area contributed by atoms with Crippen molar-refractivity contribution in [2.75, 3.05) is 0 Å². The number of nitrogens with zero attached hydrogens (tertiary/aromatic N) is 3. The molecule has 0 spiro atoms. The summed E-state index contributed by atoms with van der Waals surface area (Å²) in [5.74, 6) is 2.08. The third-order valence-corrected chi connectivity index (χ3v) is 4.11. The van der Waals surface area contributed by atoms with Gasteiger partial charge >= 0.3 is 5.69 Å². The number of aromatic amines is 1. The van der Waals surface area contributed by atoms with Crippen LogP contribution < -0.4 is 22.1 Å². The van der Waals surface area contributed by atoms with Crippen LogP contribution in [0, 0.1) is 12.3 Å². The Morgan fingerprint density at radius 3 is 2.64 bits per heavy atom. The summed E-state index contributed by atoms with van der Waals surface area (Å²) in [6.45, 7) is 0.247. The second-order valence-corrected chi connectivity index (χ2v) is 5.99. The van der Waals surface area contributed by atoms with Crippen molar-refractivity contribution in [3.63, 3.8) is 0 Å². The summed E-state index contributed by atoms with van der Waals surface area (Å²) in [6.07, 6.45) is 6.66. The molecule has 142 valence electrons. The van der Waals surface area contributed by atoms with Crippen molar-refractivity contribution in [1.82, 2.24) is 24.6 Å². The van der Waals surface area contributed by atoms with Crippen LogP contribution >= 0.6 is 0 Å². The third-order valence-electron chi connectivity index (χ3n) is 4.11. The van der Waals surface area contributed by atoms with Gasteiger partial charge in [-0.15, -0.1) is 6.42 Å². The Hall–Kier alpha value is -3.93. The SMILES string of the molecule is C#CCn1nc(CNC(=O)CCn2ccc(=O)[nH]c2=O)c2ccccc2c1=O. The highest BCUT2D eigenvalue weighted by atomic mass is 16.2. The fraction of sp³-hybridized carbons (Fsp3) is 0.211. The molecule has 9 nitrogen and oxygen atoms in total. The second-order valence-electron chi connectivity index (χ2n) is 5.99. The average molecular weight is 379 g/mol. The van der Waals surface area contributed by atoms with Gasteiger partial charge < -0.3 is 9.88 Å². The van der Waals surface area contributed by atoms with Crippen molar-refractivity contribution in [3.8, 4) is 12.3 Å². The highest BCUT2D eigenvalue weighted by Gasteiger charge is 2.11. The number of amides is 1. The van der Waals surface area contributed by atoms with Gasteiger partial charge in [0.15, 0.2) is 0 Å². The van der Waals surface area contributed by atoms with E-state index in [-0.39, 0.29) is 37.5 Å². The molecule has 0 radical (unpaired) electrons. The van der Waals surface area contributed by atoms with E-state index in [2.05, 4.69) is 21.3 Å². The van der Waals surface area contributed by atoms with Crippen LogP contribution in [0.25, 0.3) is 10.8 Å². The summed E-state index contributed by atoms with van der Waals surface area (Å²) >= 11 is 0. The minimum atomic E-state index is -0.575. The van der Waals surface area contributed by atoms with Gasteiger partial charge in [0.25, 0.3) is 11.1 Å². The molecule has 0 aliphatic carbocycles. The summed E-state index contributed by atoms with van der Waals surface area (Å²) < 4.78 is 2.42. The van der Waals surface area contributed by atoms with Crippen LogP contribution in [0.2, 0.25) is 0 Å².